The number of hydrogen-bond acceptors (Lipinski definition) is 2. The van der Waals surface area contributed by atoms with Gasteiger partial charge in [0.1, 0.15) is 11.3 Å². The molecule has 2 aliphatic carbocycles. The minimum atomic E-state index is -1.28. The predicted octanol–water partition coefficient (Wildman–Crippen LogP) is 7.37. The van der Waals surface area contributed by atoms with Crippen molar-refractivity contribution in [2.24, 2.45) is 0 Å². The average molecular weight is 439 g/mol. The molecule has 4 rings (SSSR count). The van der Waals surface area contributed by atoms with E-state index in [1.165, 1.54) is 12.5 Å². The Morgan fingerprint density at radius 1 is 0.969 bits per heavy atom. The molecule has 2 aliphatic rings. The van der Waals surface area contributed by atoms with Gasteiger partial charge in [-0.1, -0.05) is 55.5 Å². The van der Waals surface area contributed by atoms with Crippen LogP contribution in [0.2, 0.25) is 0 Å². The molecule has 0 N–H and O–H groups in total. The minimum Gasteiger partial charge on any atom is -0.296 e. The molecule has 0 aromatic heterocycles. The van der Waals surface area contributed by atoms with E-state index in [0.29, 0.717) is 42.9 Å². The summed E-state index contributed by atoms with van der Waals surface area (Å²) in [6, 6.07) is 18.7. The van der Waals surface area contributed by atoms with Gasteiger partial charge in [0.25, 0.3) is 0 Å². The van der Waals surface area contributed by atoms with Crippen LogP contribution in [-0.2, 0) is 24.3 Å². The van der Waals surface area contributed by atoms with Gasteiger partial charge in [-0.05, 0) is 80.7 Å². The predicted molar refractivity (Wildman–Crippen MR) is 127 cm³/mol. The van der Waals surface area contributed by atoms with Crippen LogP contribution in [0.25, 0.3) is 0 Å². The first kappa shape index (κ1) is 24.4. The Kier molecular flexibility index (Phi) is 8.06. The number of rotatable bonds is 10. The number of hydrogen-bond donors (Lipinski definition) is 0. The van der Waals surface area contributed by atoms with Gasteiger partial charge in [-0.2, -0.15) is 5.26 Å². The highest BCUT2D eigenvalue weighted by Gasteiger charge is 2.53. The molecule has 1 unspecified atom stereocenters. The molecule has 0 radical (unpaired) electrons. The van der Waals surface area contributed by atoms with Gasteiger partial charge < -0.3 is 0 Å². The molecule has 2 saturated carbocycles. The second-order valence-corrected chi connectivity index (χ2v) is 9.38. The van der Waals surface area contributed by atoms with E-state index in [1.807, 2.05) is 18.2 Å². The second-order valence-electron chi connectivity index (χ2n) is 9.38. The highest BCUT2D eigenvalue weighted by Crippen LogP contribution is 2.58. The molecular weight excluding hydrogens is 402 g/mol. The van der Waals surface area contributed by atoms with Gasteiger partial charge in [-0.25, -0.2) is 8.78 Å². The Hall–Kier alpha value is -2.25. The van der Waals surface area contributed by atoms with E-state index in [1.54, 1.807) is 6.07 Å². The van der Waals surface area contributed by atoms with Gasteiger partial charge in [0.15, 0.2) is 0 Å². The Bertz CT molecular complexity index is 911. The Balaban J connectivity index is 0.000000913. The molecule has 32 heavy (non-hydrogen) atoms. The fourth-order valence-corrected chi connectivity index (χ4v) is 4.39. The number of nitrogens with zero attached hydrogens (tertiary/aromatic N) is 2. The first-order chi connectivity index (χ1) is 15.3. The Morgan fingerprint density at radius 3 is 2.12 bits per heavy atom. The molecular formula is C28H36F2N2. The number of alkyl halides is 2. The Morgan fingerprint density at radius 2 is 1.56 bits per heavy atom. The van der Waals surface area contributed by atoms with E-state index in [9.17, 15) is 8.78 Å². The highest BCUT2D eigenvalue weighted by molar-refractivity contribution is 5.44. The maximum Gasteiger partial charge on any atom is 0.136 e. The van der Waals surface area contributed by atoms with Crippen molar-refractivity contribution >= 4 is 0 Å². The van der Waals surface area contributed by atoms with Gasteiger partial charge in [0.2, 0.25) is 0 Å². The summed E-state index contributed by atoms with van der Waals surface area (Å²) in [6.45, 7) is 7.96. The third-order valence-electron chi connectivity index (χ3n) is 6.64. The van der Waals surface area contributed by atoms with Crippen molar-refractivity contribution in [2.75, 3.05) is 6.54 Å². The molecule has 2 aromatic carbocycles. The Labute approximate surface area is 192 Å². The van der Waals surface area contributed by atoms with Crippen LogP contribution in [0, 0.1) is 11.3 Å². The van der Waals surface area contributed by atoms with Crippen LogP contribution in [0.3, 0.4) is 0 Å². The smallest absolute Gasteiger partial charge is 0.136 e. The summed E-state index contributed by atoms with van der Waals surface area (Å²) in [7, 11) is 0. The van der Waals surface area contributed by atoms with Crippen molar-refractivity contribution in [1.29, 1.82) is 5.26 Å². The largest absolute Gasteiger partial charge is 0.296 e. The summed E-state index contributed by atoms with van der Waals surface area (Å²) in [5, 5.41) is 7.32. The quantitative estimate of drug-likeness (QED) is 0.387. The summed E-state index contributed by atoms with van der Waals surface area (Å²) in [5.41, 5.74) is 1.19. The molecule has 2 aromatic rings. The van der Waals surface area contributed by atoms with E-state index >= 15 is 0 Å². The van der Waals surface area contributed by atoms with Crippen LogP contribution < -0.4 is 0 Å². The first-order valence-electron chi connectivity index (χ1n) is 12.0. The summed E-state index contributed by atoms with van der Waals surface area (Å²) in [4.78, 5) is 2.53. The summed E-state index contributed by atoms with van der Waals surface area (Å²) >= 11 is 0. The summed E-state index contributed by atoms with van der Waals surface area (Å²) in [5.74, 6) is 0. The van der Waals surface area contributed by atoms with Crippen LogP contribution >= 0.6 is 0 Å². The zero-order chi connectivity index (χ0) is 23.2. The van der Waals surface area contributed by atoms with Crippen molar-refractivity contribution < 1.29 is 8.78 Å². The van der Waals surface area contributed by atoms with Crippen molar-refractivity contribution in [3.05, 3.63) is 70.8 Å². The molecule has 1 atom stereocenters. The molecule has 0 bridgehead atoms. The lowest BCUT2D eigenvalue weighted by atomic mass is 9.92. The SMILES string of the molecule is CC#N.CCCN(Cc1ccccc1)C(C)CCc1ccc(C2(F)CC2)c(C2(F)CC2)c1. The van der Waals surface area contributed by atoms with E-state index in [4.69, 9.17) is 5.26 Å². The van der Waals surface area contributed by atoms with Gasteiger partial charge in [-0.3, -0.25) is 4.90 Å². The summed E-state index contributed by atoms with van der Waals surface area (Å²) < 4.78 is 29.6. The number of aryl methyl sites for hydroxylation is 1. The van der Waals surface area contributed by atoms with Gasteiger partial charge in [0, 0.05) is 19.5 Å². The van der Waals surface area contributed by atoms with Crippen LogP contribution in [0.1, 0.15) is 81.5 Å². The molecule has 0 heterocycles. The van der Waals surface area contributed by atoms with Crippen LogP contribution in [0.5, 0.6) is 0 Å². The van der Waals surface area contributed by atoms with Crippen molar-refractivity contribution in [1.82, 2.24) is 4.90 Å². The molecule has 2 nitrogen and oxygen atoms in total. The van der Waals surface area contributed by atoms with Crippen molar-refractivity contribution in [3.8, 4) is 6.07 Å². The van der Waals surface area contributed by atoms with Gasteiger partial charge >= 0.3 is 0 Å². The third-order valence-corrected chi connectivity index (χ3v) is 6.64. The minimum absolute atomic E-state index is 0.439. The van der Waals surface area contributed by atoms with E-state index in [2.05, 4.69) is 49.1 Å². The monoisotopic (exact) mass is 438 g/mol. The number of benzene rings is 2. The maximum absolute atomic E-state index is 14.9. The lowest BCUT2D eigenvalue weighted by Crippen LogP contribution is -2.33. The van der Waals surface area contributed by atoms with E-state index < -0.39 is 11.3 Å². The fraction of sp³-hybridized carbons (Fsp3) is 0.536. The first-order valence-corrected chi connectivity index (χ1v) is 12.0. The van der Waals surface area contributed by atoms with Crippen molar-refractivity contribution in [2.45, 2.75) is 89.6 Å². The standard InChI is InChI=1S/C26H33F2N.C2H3N/c1-3-17-29(19-22-7-5-4-6-8-22)20(2)9-10-21-11-12-23(25(27)13-14-25)24(18-21)26(28)15-16-26;1-2-3/h4-8,11-12,18,20H,3,9-10,13-17,19H2,1-2H3;1H3. The van der Waals surface area contributed by atoms with Gasteiger partial charge in [0.05, 0.1) is 6.07 Å². The topological polar surface area (TPSA) is 27.0 Å². The van der Waals surface area contributed by atoms with Crippen LogP contribution in [0.4, 0.5) is 8.78 Å². The van der Waals surface area contributed by atoms with Gasteiger partial charge in [-0.15, -0.1) is 0 Å². The normalized spacial score (nSPS) is 18.3. The molecule has 0 spiro atoms. The van der Waals surface area contributed by atoms with E-state index in [0.717, 1.165) is 37.9 Å². The van der Waals surface area contributed by atoms with Crippen LogP contribution in [-0.4, -0.2) is 17.5 Å². The number of halogens is 2. The molecule has 4 heteroatoms. The highest BCUT2D eigenvalue weighted by atomic mass is 19.1. The zero-order valence-corrected chi connectivity index (χ0v) is 19.7. The van der Waals surface area contributed by atoms with E-state index in [-0.39, 0.29) is 0 Å². The molecule has 0 saturated heterocycles. The molecule has 2 fully saturated rings. The lowest BCUT2D eigenvalue weighted by molar-refractivity contribution is 0.191. The molecule has 0 aliphatic heterocycles. The average Bonchev–Trinajstić information content (AvgIpc) is 3.72. The molecule has 0 amide bonds. The summed E-state index contributed by atoms with van der Waals surface area (Å²) in [6.07, 6.45) is 5.20. The maximum atomic E-state index is 14.9. The fourth-order valence-electron chi connectivity index (χ4n) is 4.39. The molecule has 172 valence electrons. The van der Waals surface area contributed by atoms with Crippen molar-refractivity contribution in [3.63, 3.8) is 0 Å². The lowest BCUT2D eigenvalue weighted by Gasteiger charge is -2.29. The third kappa shape index (κ3) is 6.17. The second kappa shape index (κ2) is 10.6. The van der Waals surface area contributed by atoms with Crippen LogP contribution in [0.15, 0.2) is 48.5 Å². The number of nitriles is 1. The zero-order valence-electron chi connectivity index (χ0n) is 19.7.